The topological polar surface area (TPSA) is 15.3 Å². The number of rotatable bonds is 0. The fraction of sp³-hybridized carbons (Fsp3) is 0.600. The Bertz CT molecular complexity index is 168. The van der Waals surface area contributed by atoms with E-state index in [2.05, 4.69) is 5.32 Å². The molecule has 0 bridgehead atoms. The minimum Gasteiger partial charge on any atom is -0.285 e. The molecule has 1 rings (SSSR count). The molecular formula is C5H6ClF3N2. The molecule has 1 aliphatic rings. The van der Waals surface area contributed by atoms with E-state index >= 15 is 0 Å². The number of halogens is 4. The van der Waals surface area contributed by atoms with Crippen LogP contribution in [0.2, 0.25) is 0 Å². The van der Waals surface area contributed by atoms with Crippen molar-refractivity contribution in [1.29, 1.82) is 0 Å². The van der Waals surface area contributed by atoms with Crippen molar-refractivity contribution >= 4 is 11.8 Å². The zero-order valence-electron chi connectivity index (χ0n) is 5.40. The molecule has 0 saturated carbocycles. The molecule has 11 heavy (non-hydrogen) atoms. The molecule has 6 heteroatoms. The Morgan fingerprint density at radius 3 is 2.55 bits per heavy atom. The van der Waals surface area contributed by atoms with E-state index in [0.29, 0.717) is 0 Å². The summed E-state index contributed by atoms with van der Waals surface area (Å²) in [5.74, 6) is 0. The van der Waals surface area contributed by atoms with E-state index < -0.39 is 12.2 Å². The van der Waals surface area contributed by atoms with Gasteiger partial charge in [-0.15, -0.1) is 0 Å². The maximum Gasteiger partial charge on any atom is 0.407 e. The summed E-state index contributed by atoms with van der Waals surface area (Å²) in [4.78, 5) is 0. The van der Waals surface area contributed by atoms with Crippen LogP contribution in [0.4, 0.5) is 13.2 Å². The van der Waals surface area contributed by atoms with Gasteiger partial charge in [0.15, 0.2) is 0 Å². The van der Waals surface area contributed by atoms with E-state index in [1.807, 2.05) is 0 Å². The summed E-state index contributed by atoms with van der Waals surface area (Å²) in [6.07, 6.45) is -2.07. The summed E-state index contributed by atoms with van der Waals surface area (Å²) in [5, 5.41) is 2.19. The van der Waals surface area contributed by atoms with Crippen molar-refractivity contribution in [2.75, 3.05) is 6.67 Å². The van der Waals surface area contributed by atoms with Crippen molar-refractivity contribution < 1.29 is 13.2 Å². The smallest absolute Gasteiger partial charge is 0.285 e. The molecule has 0 aromatic carbocycles. The molecule has 0 aromatic rings. The standard InChI is InChI=1S/C5H6ClF3N2/c6-11-2-1-4(10-3-11)5(7,8)9/h1-2,4,10H,3H2/t4-/m0/s1. The highest BCUT2D eigenvalue weighted by Crippen LogP contribution is 2.22. The van der Waals surface area contributed by atoms with Crippen LogP contribution in [-0.4, -0.2) is 23.3 Å². The Balaban J connectivity index is 2.57. The van der Waals surface area contributed by atoms with E-state index in [0.717, 1.165) is 10.5 Å². The molecule has 0 saturated heterocycles. The number of nitrogens with zero attached hydrogens (tertiary/aromatic N) is 1. The average Bonchev–Trinajstić information content (AvgIpc) is 1.86. The highest BCUT2D eigenvalue weighted by Gasteiger charge is 2.38. The van der Waals surface area contributed by atoms with E-state index in [4.69, 9.17) is 11.8 Å². The van der Waals surface area contributed by atoms with Gasteiger partial charge in [-0.1, -0.05) is 0 Å². The van der Waals surface area contributed by atoms with Crippen LogP contribution in [0.1, 0.15) is 0 Å². The van der Waals surface area contributed by atoms with Gasteiger partial charge >= 0.3 is 6.18 Å². The molecule has 0 spiro atoms. The molecule has 0 amide bonds. The predicted octanol–water partition coefficient (Wildman–Crippen LogP) is 1.45. The first-order valence-electron chi connectivity index (χ1n) is 2.91. The van der Waals surface area contributed by atoms with Crippen LogP contribution >= 0.6 is 11.8 Å². The highest BCUT2D eigenvalue weighted by molar-refractivity contribution is 6.14. The zero-order chi connectivity index (χ0) is 8.48. The lowest BCUT2D eigenvalue weighted by Crippen LogP contribution is -2.46. The Morgan fingerprint density at radius 2 is 2.18 bits per heavy atom. The first-order chi connectivity index (χ1) is 5.00. The Labute approximate surface area is 66.7 Å². The molecule has 1 N–H and O–H groups in total. The lowest BCUT2D eigenvalue weighted by molar-refractivity contribution is -0.146. The van der Waals surface area contributed by atoms with Crippen molar-refractivity contribution in [3.8, 4) is 0 Å². The van der Waals surface area contributed by atoms with Crippen LogP contribution < -0.4 is 5.32 Å². The number of hydrogen-bond acceptors (Lipinski definition) is 2. The van der Waals surface area contributed by atoms with Crippen LogP contribution in [0.25, 0.3) is 0 Å². The van der Waals surface area contributed by atoms with Gasteiger partial charge in [0.25, 0.3) is 0 Å². The second-order valence-electron chi connectivity index (χ2n) is 2.12. The molecule has 1 atom stereocenters. The Kier molecular flexibility index (Phi) is 2.29. The van der Waals surface area contributed by atoms with Gasteiger partial charge in [-0.2, -0.15) is 13.2 Å². The molecule has 1 heterocycles. The summed E-state index contributed by atoms with van der Waals surface area (Å²) in [6, 6.07) is -1.57. The first-order valence-corrected chi connectivity index (χ1v) is 3.25. The normalized spacial score (nSPS) is 25.8. The van der Waals surface area contributed by atoms with Gasteiger partial charge in [0.1, 0.15) is 6.04 Å². The number of nitrogens with one attached hydrogen (secondary N) is 1. The molecule has 0 radical (unpaired) electrons. The van der Waals surface area contributed by atoms with Crippen LogP contribution in [0, 0.1) is 0 Å². The average molecular weight is 187 g/mol. The van der Waals surface area contributed by atoms with Crippen LogP contribution in [0.3, 0.4) is 0 Å². The van der Waals surface area contributed by atoms with E-state index in [9.17, 15) is 13.2 Å². The Hall–Kier alpha value is -0.420. The largest absolute Gasteiger partial charge is 0.407 e. The first kappa shape index (κ1) is 8.67. The highest BCUT2D eigenvalue weighted by atomic mass is 35.5. The zero-order valence-corrected chi connectivity index (χ0v) is 6.15. The van der Waals surface area contributed by atoms with Gasteiger partial charge in [0, 0.05) is 18.0 Å². The van der Waals surface area contributed by atoms with Crippen molar-refractivity contribution in [2.24, 2.45) is 0 Å². The monoisotopic (exact) mass is 186 g/mol. The van der Waals surface area contributed by atoms with Crippen LogP contribution in [-0.2, 0) is 0 Å². The number of alkyl halides is 3. The maximum atomic E-state index is 11.9. The lowest BCUT2D eigenvalue weighted by Gasteiger charge is -2.25. The summed E-state index contributed by atoms with van der Waals surface area (Å²) < 4.78 is 36.8. The van der Waals surface area contributed by atoms with E-state index in [1.165, 1.54) is 6.20 Å². The van der Waals surface area contributed by atoms with Gasteiger partial charge in [0.2, 0.25) is 0 Å². The third kappa shape index (κ3) is 2.27. The van der Waals surface area contributed by atoms with Gasteiger partial charge in [-0.05, 0) is 6.08 Å². The third-order valence-corrected chi connectivity index (χ3v) is 1.49. The number of hydrogen-bond donors (Lipinski definition) is 1. The van der Waals surface area contributed by atoms with Crippen LogP contribution in [0.15, 0.2) is 12.3 Å². The second-order valence-corrected chi connectivity index (χ2v) is 2.56. The predicted molar refractivity (Wildman–Crippen MR) is 34.7 cm³/mol. The fourth-order valence-electron chi connectivity index (χ4n) is 0.711. The lowest BCUT2D eigenvalue weighted by atomic mass is 10.2. The van der Waals surface area contributed by atoms with Gasteiger partial charge < -0.3 is 0 Å². The molecule has 0 aliphatic carbocycles. The minimum absolute atomic E-state index is 0.00221. The molecule has 2 nitrogen and oxygen atoms in total. The quantitative estimate of drug-likeness (QED) is 0.576. The summed E-state index contributed by atoms with van der Waals surface area (Å²) in [5.41, 5.74) is 0. The van der Waals surface area contributed by atoms with Gasteiger partial charge in [0.05, 0.1) is 6.67 Å². The van der Waals surface area contributed by atoms with Crippen LogP contribution in [0.5, 0.6) is 0 Å². The molecule has 0 aromatic heterocycles. The SMILES string of the molecule is FC(F)(F)[C@@H]1C=CN(Cl)CN1. The molecule has 64 valence electrons. The van der Waals surface area contributed by atoms with E-state index in [1.54, 1.807) is 0 Å². The molecular weight excluding hydrogens is 181 g/mol. The summed E-state index contributed by atoms with van der Waals surface area (Å²) in [6.45, 7) is 0.00221. The Morgan fingerprint density at radius 1 is 1.55 bits per heavy atom. The third-order valence-electron chi connectivity index (χ3n) is 1.26. The van der Waals surface area contributed by atoms with Crippen molar-refractivity contribution in [3.63, 3.8) is 0 Å². The van der Waals surface area contributed by atoms with Crippen molar-refractivity contribution in [3.05, 3.63) is 12.3 Å². The molecule has 0 unspecified atom stereocenters. The van der Waals surface area contributed by atoms with E-state index in [-0.39, 0.29) is 6.67 Å². The minimum atomic E-state index is -4.23. The molecule has 0 fully saturated rings. The summed E-state index contributed by atoms with van der Waals surface area (Å²) in [7, 11) is 0. The van der Waals surface area contributed by atoms with Crippen molar-refractivity contribution in [1.82, 2.24) is 9.74 Å². The second kappa shape index (κ2) is 2.91. The fourth-order valence-corrected chi connectivity index (χ4v) is 0.845. The molecule has 1 aliphatic heterocycles. The van der Waals surface area contributed by atoms with Crippen molar-refractivity contribution in [2.45, 2.75) is 12.2 Å². The van der Waals surface area contributed by atoms with Gasteiger partial charge in [-0.25, -0.2) is 0 Å². The van der Waals surface area contributed by atoms with Gasteiger partial charge in [-0.3, -0.25) is 9.74 Å². The summed E-state index contributed by atoms with van der Waals surface area (Å²) >= 11 is 5.35. The maximum absolute atomic E-state index is 11.9.